The van der Waals surface area contributed by atoms with Gasteiger partial charge in [-0.05, 0) is 43.3 Å². The van der Waals surface area contributed by atoms with Crippen LogP contribution in [0, 0.1) is 0 Å². The number of fused-ring (bicyclic) bond motifs is 1. The van der Waals surface area contributed by atoms with Crippen LogP contribution in [0.2, 0.25) is 0 Å². The van der Waals surface area contributed by atoms with E-state index in [-0.39, 0.29) is 17.7 Å². The number of rotatable bonds is 4. The first-order chi connectivity index (χ1) is 13.1. The molecule has 0 radical (unpaired) electrons. The summed E-state index contributed by atoms with van der Waals surface area (Å²) in [6, 6.07) is 10.8. The number of hydrogen-bond donors (Lipinski definition) is 1. The molecule has 0 spiro atoms. The number of benzene rings is 1. The van der Waals surface area contributed by atoms with E-state index < -0.39 is 6.04 Å². The highest BCUT2D eigenvalue weighted by Gasteiger charge is 2.29. The molecule has 3 aromatic rings. The van der Waals surface area contributed by atoms with Gasteiger partial charge in [0.15, 0.2) is 11.5 Å². The Morgan fingerprint density at radius 3 is 2.70 bits per heavy atom. The van der Waals surface area contributed by atoms with E-state index in [1.165, 1.54) is 11.3 Å². The zero-order valence-corrected chi connectivity index (χ0v) is 15.9. The molecule has 27 heavy (non-hydrogen) atoms. The molecule has 1 aromatic carbocycles. The Morgan fingerprint density at radius 2 is 2.00 bits per heavy atom. The Balaban J connectivity index is 1.34. The lowest BCUT2D eigenvalue weighted by Crippen LogP contribution is -2.49. The Labute approximate surface area is 161 Å². The van der Waals surface area contributed by atoms with E-state index in [9.17, 15) is 9.59 Å². The molecule has 6 nitrogen and oxygen atoms in total. The fourth-order valence-electron chi connectivity index (χ4n) is 3.42. The second-order valence-electron chi connectivity index (χ2n) is 6.79. The number of amides is 2. The standard InChI is InChI=1S/C20H21N3O3S/c1-13(21-18(24)17-7-4-12-27-17)20(25)23-10-8-14(9-11-23)19-22-15-5-2-3-6-16(15)26-19/h2-7,12-14H,8-11H2,1H3,(H,21,24). The number of oxazole rings is 1. The van der Waals surface area contributed by atoms with E-state index in [1.54, 1.807) is 13.0 Å². The lowest BCUT2D eigenvalue weighted by atomic mass is 9.96. The summed E-state index contributed by atoms with van der Waals surface area (Å²) in [7, 11) is 0. The minimum absolute atomic E-state index is 0.0454. The van der Waals surface area contributed by atoms with Gasteiger partial charge in [0.05, 0.1) is 4.88 Å². The molecule has 0 aliphatic carbocycles. The summed E-state index contributed by atoms with van der Waals surface area (Å²) in [5, 5.41) is 4.63. The van der Waals surface area contributed by atoms with Crippen molar-refractivity contribution in [2.24, 2.45) is 0 Å². The SMILES string of the molecule is CC(NC(=O)c1cccs1)C(=O)N1CCC(c2nc3ccccc3o2)CC1. The minimum Gasteiger partial charge on any atom is -0.440 e. The van der Waals surface area contributed by atoms with Gasteiger partial charge in [-0.25, -0.2) is 4.98 Å². The van der Waals surface area contributed by atoms with Crippen LogP contribution in [0.3, 0.4) is 0 Å². The van der Waals surface area contributed by atoms with Crippen molar-refractivity contribution in [1.82, 2.24) is 15.2 Å². The number of likely N-dealkylation sites (tertiary alicyclic amines) is 1. The van der Waals surface area contributed by atoms with Crippen molar-refractivity contribution in [2.75, 3.05) is 13.1 Å². The fourth-order valence-corrected chi connectivity index (χ4v) is 4.05. The molecule has 0 saturated carbocycles. The normalized spacial score (nSPS) is 16.4. The van der Waals surface area contributed by atoms with Crippen LogP contribution in [0.5, 0.6) is 0 Å². The quantitative estimate of drug-likeness (QED) is 0.749. The van der Waals surface area contributed by atoms with Crippen LogP contribution >= 0.6 is 11.3 Å². The van der Waals surface area contributed by atoms with E-state index in [0.29, 0.717) is 18.0 Å². The van der Waals surface area contributed by atoms with Gasteiger partial charge in [-0.1, -0.05) is 18.2 Å². The first kappa shape index (κ1) is 17.7. The van der Waals surface area contributed by atoms with E-state index >= 15 is 0 Å². The van der Waals surface area contributed by atoms with Crippen LogP contribution in [0.1, 0.15) is 41.2 Å². The molecule has 1 aliphatic rings. The van der Waals surface area contributed by atoms with Gasteiger partial charge in [0.1, 0.15) is 11.6 Å². The van der Waals surface area contributed by atoms with Crippen LogP contribution in [0.15, 0.2) is 46.2 Å². The molecule has 0 bridgehead atoms. The summed E-state index contributed by atoms with van der Waals surface area (Å²) in [5.41, 5.74) is 1.67. The first-order valence-corrected chi connectivity index (χ1v) is 9.98. The molecule has 1 unspecified atom stereocenters. The summed E-state index contributed by atoms with van der Waals surface area (Å²) in [4.78, 5) is 31.8. The predicted octanol–water partition coefficient (Wildman–Crippen LogP) is 3.41. The predicted molar refractivity (Wildman–Crippen MR) is 104 cm³/mol. The van der Waals surface area contributed by atoms with Crippen LogP contribution in [-0.2, 0) is 4.79 Å². The third-order valence-electron chi connectivity index (χ3n) is 4.93. The molecule has 4 rings (SSSR count). The van der Waals surface area contributed by atoms with Gasteiger partial charge in [0.2, 0.25) is 5.91 Å². The number of piperidine rings is 1. The van der Waals surface area contributed by atoms with Crippen LogP contribution in [-0.4, -0.2) is 40.8 Å². The molecule has 1 aliphatic heterocycles. The second kappa shape index (κ2) is 7.52. The van der Waals surface area contributed by atoms with Crippen molar-refractivity contribution in [3.05, 3.63) is 52.5 Å². The summed E-state index contributed by atoms with van der Waals surface area (Å²) >= 11 is 1.37. The summed E-state index contributed by atoms with van der Waals surface area (Å²) in [6.45, 7) is 3.02. The highest BCUT2D eigenvalue weighted by molar-refractivity contribution is 7.12. The minimum atomic E-state index is -0.541. The number of nitrogens with one attached hydrogen (secondary N) is 1. The maximum Gasteiger partial charge on any atom is 0.261 e. The number of carbonyl (C=O) groups is 2. The van der Waals surface area contributed by atoms with Gasteiger partial charge in [0.25, 0.3) is 5.91 Å². The smallest absolute Gasteiger partial charge is 0.261 e. The number of nitrogens with zero attached hydrogens (tertiary/aromatic N) is 2. The number of carbonyl (C=O) groups excluding carboxylic acids is 2. The monoisotopic (exact) mass is 383 g/mol. The molecule has 7 heteroatoms. The zero-order valence-electron chi connectivity index (χ0n) is 15.1. The Morgan fingerprint density at radius 1 is 1.22 bits per heavy atom. The van der Waals surface area contributed by atoms with Crippen molar-refractivity contribution in [3.8, 4) is 0 Å². The maximum absolute atomic E-state index is 12.7. The van der Waals surface area contributed by atoms with Gasteiger partial charge >= 0.3 is 0 Å². The Hall–Kier alpha value is -2.67. The molecule has 1 N–H and O–H groups in total. The van der Waals surface area contributed by atoms with Gasteiger partial charge in [-0.2, -0.15) is 0 Å². The molecular weight excluding hydrogens is 362 g/mol. The largest absolute Gasteiger partial charge is 0.440 e. The Bertz CT molecular complexity index is 909. The molecule has 2 amide bonds. The topological polar surface area (TPSA) is 75.4 Å². The lowest BCUT2D eigenvalue weighted by molar-refractivity contribution is -0.133. The van der Waals surface area contributed by atoms with Crippen molar-refractivity contribution < 1.29 is 14.0 Å². The number of para-hydroxylation sites is 2. The van der Waals surface area contributed by atoms with E-state index in [0.717, 1.165) is 29.8 Å². The summed E-state index contributed by atoms with van der Waals surface area (Å²) in [5.74, 6) is 0.725. The van der Waals surface area contributed by atoms with Crippen LogP contribution < -0.4 is 5.32 Å². The van der Waals surface area contributed by atoms with Crippen molar-refractivity contribution in [2.45, 2.75) is 31.7 Å². The number of thiophene rings is 1. The highest BCUT2D eigenvalue weighted by Crippen LogP contribution is 2.30. The van der Waals surface area contributed by atoms with Crippen molar-refractivity contribution in [1.29, 1.82) is 0 Å². The summed E-state index contributed by atoms with van der Waals surface area (Å²) in [6.07, 6.45) is 1.62. The van der Waals surface area contributed by atoms with Gasteiger partial charge in [-0.3, -0.25) is 9.59 Å². The van der Waals surface area contributed by atoms with Crippen LogP contribution in [0.25, 0.3) is 11.1 Å². The fraction of sp³-hybridized carbons (Fsp3) is 0.350. The van der Waals surface area contributed by atoms with Gasteiger partial charge < -0.3 is 14.6 Å². The van der Waals surface area contributed by atoms with Gasteiger partial charge in [-0.15, -0.1) is 11.3 Å². The second-order valence-corrected chi connectivity index (χ2v) is 7.74. The molecule has 1 saturated heterocycles. The molecule has 3 heterocycles. The highest BCUT2D eigenvalue weighted by atomic mass is 32.1. The van der Waals surface area contributed by atoms with Gasteiger partial charge in [0, 0.05) is 19.0 Å². The molecule has 140 valence electrons. The van der Waals surface area contributed by atoms with E-state index in [2.05, 4.69) is 10.3 Å². The maximum atomic E-state index is 12.7. The number of aromatic nitrogens is 1. The first-order valence-electron chi connectivity index (χ1n) is 9.10. The number of hydrogen-bond acceptors (Lipinski definition) is 5. The molecule has 1 atom stereocenters. The van der Waals surface area contributed by atoms with Crippen LogP contribution in [0.4, 0.5) is 0 Å². The third-order valence-corrected chi connectivity index (χ3v) is 5.80. The molecular formula is C20H21N3O3S. The van der Waals surface area contributed by atoms with Crippen molar-refractivity contribution in [3.63, 3.8) is 0 Å². The molecule has 2 aromatic heterocycles. The van der Waals surface area contributed by atoms with E-state index in [4.69, 9.17) is 4.42 Å². The summed E-state index contributed by atoms with van der Waals surface area (Å²) < 4.78 is 5.87. The average Bonchev–Trinajstić information content (AvgIpc) is 3.37. The average molecular weight is 383 g/mol. The molecule has 1 fully saturated rings. The van der Waals surface area contributed by atoms with Crippen molar-refractivity contribution >= 4 is 34.3 Å². The Kier molecular flexibility index (Phi) is 4.94. The zero-order chi connectivity index (χ0) is 18.8. The third kappa shape index (κ3) is 3.73. The van der Waals surface area contributed by atoms with E-state index in [1.807, 2.05) is 40.6 Å². The lowest BCUT2D eigenvalue weighted by Gasteiger charge is -2.32.